The van der Waals surface area contributed by atoms with Gasteiger partial charge in [-0.2, -0.15) is 0 Å². The molecule has 4 aromatic rings. The van der Waals surface area contributed by atoms with Crippen molar-refractivity contribution in [1.29, 1.82) is 0 Å². The molecule has 1 heterocycles. The van der Waals surface area contributed by atoms with Gasteiger partial charge in [-0.25, -0.2) is 4.79 Å². The zero-order valence-corrected chi connectivity index (χ0v) is 39.9. The second-order valence-electron chi connectivity index (χ2n) is 18.8. The van der Waals surface area contributed by atoms with Gasteiger partial charge in [0.15, 0.2) is 14.1 Å². The van der Waals surface area contributed by atoms with E-state index in [-0.39, 0.29) is 10.1 Å². The van der Waals surface area contributed by atoms with Crippen LogP contribution in [0.25, 0.3) is 0 Å². The Hall–Kier alpha value is -3.88. The van der Waals surface area contributed by atoms with E-state index in [0.717, 1.165) is 11.3 Å². The van der Waals surface area contributed by atoms with Gasteiger partial charge in [0.05, 0.1) is 31.5 Å². The molecule has 0 radical (unpaired) electrons. The van der Waals surface area contributed by atoms with Crippen molar-refractivity contribution in [2.75, 3.05) is 13.7 Å². The molecule has 1 saturated heterocycles. The molecule has 324 valence electrons. The van der Waals surface area contributed by atoms with Crippen molar-refractivity contribution in [3.63, 3.8) is 0 Å². The molecule has 1 aliphatic heterocycles. The van der Waals surface area contributed by atoms with Crippen LogP contribution in [0, 0.1) is 0 Å². The Morgan fingerprint density at radius 1 is 0.767 bits per heavy atom. The summed E-state index contributed by atoms with van der Waals surface area (Å²) in [5, 5.41) is 2.14. The molecule has 4 aromatic carbocycles. The lowest BCUT2D eigenvalue weighted by Crippen LogP contribution is -2.68. The predicted molar refractivity (Wildman–Crippen MR) is 246 cm³/mol. The molecule has 0 amide bonds. The molecule has 10 heteroatoms. The average molecular weight is 853 g/mol. The highest BCUT2D eigenvalue weighted by atomic mass is 28.4. The van der Waals surface area contributed by atoms with Crippen molar-refractivity contribution in [3.8, 4) is 5.75 Å². The Morgan fingerprint density at radius 3 is 1.83 bits per heavy atom. The first-order valence-electron chi connectivity index (χ1n) is 21.2. The van der Waals surface area contributed by atoms with Crippen LogP contribution in [0.3, 0.4) is 0 Å². The largest absolute Gasteiger partial charge is 0.497 e. The fraction of sp³-hybridized carbons (Fsp3) is 0.460. The number of methoxy groups -OCH3 is 1. The number of hydrogen-bond donors (Lipinski definition) is 0. The van der Waals surface area contributed by atoms with Gasteiger partial charge in [0.2, 0.25) is 0 Å². The molecule has 0 saturated carbocycles. The molecule has 0 aromatic heterocycles. The van der Waals surface area contributed by atoms with Crippen molar-refractivity contribution >= 4 is 33.0 Å². The highest BCUT2D eigenvalue weighted by Gasteiger charge is 2.52. The van der Waals surface area contributed by atoms with Crippen molar-refractivity contribution in [3.05, 3.63) is 139 Å². The minimum Gasteiger partial charge on any atom is -0.497 e. The molecule has 5 rings (SSSR count). The Kier molecular flexibility index (Phi) is 15.6. The third kappa shape index (κ3) is 11.7. The van der Waals surface area contributed by atoms with Gasteiger partial charge >= 0.3 is 5.97 Å². The van der Waals surface area contributed by atoms with Crippen LogP contribution >= 0.6 is 0 Å². The third-order valence-corrected chi connectivity index (χ3v) is 21.5. The summed E-state index contributed by atoms with van der Waals surface area (Å²) in [6.45, 7) is 24.7. The SMILES string of the molecule is COc1ccc(CO[C@H](/C=C\C(OC(=O)c2ccccc2)[C@H]2OC(C)(C)O[C@H]2CCO[Si](C)(C)C(C)(C)C)[C@H](C)O[Si](c2ccccc2)(c2ccccc2)C(C)(C)C)cc1. The first-order chi connectivity index (χ1) is 28.3. The van der Waals surface area contributed by atoms with Gasteiger partial charge in [-0.1, -0.05) is 139 Å². The van der Waals surface area contributed by atoms with E-state index in [4.69, 9.17) is 32.5 Å². The summed E-state index contributed by atoms with van der Waals surface area (Å²) in [5.74, 6) is -0.601. The number of rotatable bonds is 18. The summed E-state index contributed by atoms with van der Waals surface area (Å²) in [7, 11) is -3.37. The first kappa shape index (κ1) is 47.2. The Balaban J connectivity index is 1.55. The van der Waals surface area contributed by atoms with Crippen LogP contribution in [0.4, 0.5) is 0 Å². The lowest BCUT2D eigenvalue weighted by atomic mass is 10.0. The van der Waals surface area contributed by atoms with Gasteiger partial charge in [0, 0.05) is 6.61 Å². The van der Waals surface area contributed by atoms with Crippen LogP contribution in [0.5, 0.6) is 5.75 Å². The van der Waals surface area contributed by atoms with Gasteiger partial charge in [-0.05, 0) is 96.6 Å². The zero-order valence-electron chi connectivity index (χ0n) is 37.9. The number of esters is 1. The van der Waals surface area contributed by atoms with Crippen LogP contribution in [0.1, 0.15) is 84.7 Å². The Labute approximate surface area is 361 Å². The monoisotopic (exact) mass is 852 g/mol. The Morgan fingerprint density at radius 2 is 1.32 bits per heavy atom. The van der Waals surface area contributed by atoms with Crippen LogP contribution in [-0.4, -0.2) is 72.6 Å². The van der Waals surface area contributed by atoms with E-state index in [1.165, 1.54) is 10.4 Å². The van der Waals surface area contributed by atoms with E-state index in [1.54, 1.807) is 19.2 Å². The maximum absolute atomic E-state index is 13.9. The standard InChI is InChI=1S/C50H68O8Si2/c1-37(58-60(49(5,6)7,41-24-18-14-19-25-41)42-26-20-15-21-27-42)43(53-36-38-28-30-40(52-10)31-29-38)32-33-44(55-47(51)39-22-16-13-17-23-39)46-45(56-50(8,9)57-46)34-35-54-59(11,12)48(2,3)4/h13-33,37,43-46H,34-36H2,1-12H3/b33-32-/t37-,43+,44?,45-,46+/m0/s1. The van der Waals surface area contributed by atoms with Crippen LogP contribution < -0.4 is 15.1 Å². The molecular weight excluding hydrogens is 785 g/mol. The molecular formula is C50H68O8Si2. The topological polar surface area (TPSA) is 81.7 Å². The molecule has 0 aliphatic carbocycles. The van der Waals surface area contributed by atoms with Gasteiger partial charge in [0.25, 0.3) is 8.32 Å². The summed E-state index contributed by atoms with van der Waals surface area (Å²) < 4.78 is 46.0. The summed E-state index contributed by atoms with van der Waals surface area (Å²) in [4.78, 5) is 13.9. The fourth-order valence-corrected chi connectivity index (χ4v) is 13.3. The first-order valence-corrected chi connectivity index (χ1v) is 26.1. The number of benzene rings is 4. The molecule has 8 nitrogen and oxygen atoms in total. The second-order valence-corrected chi connectivity index (χ2v) is 27.8. The smallest absolute Gasteiger partial charge is 0.338 e. The van der Waals surface area contributed by atoms with E-state index in [2.05, 4.69) is 110 Å². The minimum absolute atomic E-state index is 0.0588. The maximum atomic E-state index is 13.9. The summed E-state index contributed by atoms with van der Waals surface area (Å²) >= 11 is 0. The molecule has 0 bridgehead atoms. The Bertz CT molecular complexity index is 1920. The van der Waals surface area contributed by atoms with E-state index >= 15 is 0 Å². The summed E-state index contributed by atoms with van der Waals surface area (Å²) in [5.41, 5.74) is 1.43. The number of ether oxygens (including phenoxy) is 5. The number of hydrogen-bond acceptors (Lipinski definition) is 8. The molecule has 1 unspecified atom stereocenters. The summed E-state index contributed by atoms with van der Waals surface area (Å²) in [6.07, 6.45) is 1.58. The van der Waals surface area contributed by atoms with Gasteiger partial charge < -0.3 is 32.5 Å². The van der Waals surface area contributed by atoms with E-state index in [1.807, 2.05) is 80.6 Å². The molecule has 0 N–H and O–H groups in total. The lowest BCUT2D eigenvalue weighted by molar-refractivity contribution is -0.153. The molecule has 1 fully saturated rings. The third-order valence-electron chi connectivity index (χ3n) is 11.8. The van der Waals surface area contributed by atoms with Crippen molar-refractivity contribution < 1.29 is 37.3 Å². The quantitative estimate of drug-likeness (QED) is 0.0556. The van der Waals surface area contributed by atoms with E-state index in [0.29, 0.717) is 25.2 Å². The van der Waals surface area contributed by atoms with Crippen LogP contribution in [0.2, 0.25) is 23.2 Å². The van der Waals surface area contributed by atoms with E-state index in [9.17, 15) is 4.79 Å². The van der Waals surface area contributed by atoms with Crippen molar-refractivity contribution in [1.82, 2.24) is 0 Å². The molecule has 1 aliphatic rings. The average Bonchev–Trinajstić information content (AvgIpc) is 3.52. The van der Waals surface area contributed by atoms with Crippen molar-refractivity contribution in [2.24, 2.45) is 0 Å². The van der Waals surface area contributed by atoms with Gasteiger partial charge in [0.1, 0.15) is 24.1 Å². The number of carbonyl (C=O) groups is 1. The lowest BCUT2D eigenvalue weighted by Gasteiger charge is -2.45. The molecule has 5 atom stereocenters. The van der Waals surface area contributed by atoms with Crippen molar-refractivity contribution in [2.45, 2.75) is 135 Å². The second kappa shape index (κ2) is 19.9. The maximum Gasteiger partial charge on any atom is 0.338 e. The fourth-order valence-electron chi connectivity index (χ4n) is 7.51. The summed E-state index contributed by atoms with van der Waals surface area (Å²) in [6, 6.07) is 38.1. The van der Waals surface area contributed by atoms with E-state index < -0.39 is 58.9 Å². The highest BCUT2D eigenvalue weighted by molar-refractivity contribution is 6.99. The number of carbonyl (C=O) groups excluding carboxylic acids is 1. The molecule has 60 heavy (non-hydrogen) atoms. The molecule has 0 spiro atoms. The van der Waals surface area contributed by atoms with Crippen LogP contribution in [0.15, 0.2) is 127 Å². The van der Waals surface area contributed by atoms with Gasteiger partial charge in [-0.3, -0.25) is 0 Å². The highest BCUT2D eigenvalue weighted by Crippen LogP contribution is 2.40. The zero-order chi connectivity index (χ0) is 43.8. The normalized spacial score (nSPS) is 18.9. The predicted octanol–water partition coefficient (Wildman–Crippen LogP) is 10.3. The van der Waals surface area contributed by atoms with Gasteiger partial charge in [-0.15, -0.1) is 0 Å². The minimum atomic E-state index is -2.99. The van der Waals surface area contributed by atoms with Crippen LogP contribution in [-0.2, 0) is 34.4 Å².